The van der Waals surface area contributed by atoms with Gasteiger partial charge in [-0.05, 0) is 56.2 Å². The van der Waals surface area contributed by atoms with Crippen LogP contribution < -0.4 is 4.74 Å². The van der Waals surface area contributed by atoms with Crippen molar-refractivity contribution in [2.75, 3.05) is 7.11 Å². The van der Waals surface area contributed by atoms with Gasteiger partial charge in [-0.15, -0.1) is 0 Å². The van der Waals surface area contributed by atoms with Crippen molar-refractivity contribution in [3.63, 3.8) is 0 Å². The van der Waals surface area contributed by atoms with Crippen LogP contribution in [0, 0.1) is 19.8 Å². The van der Waals surface area contributed by atoms with E-state index in [0.29, 0.717) is 5.92 Å². The minimum Gasteiger partial charge on any atom is -0.496 e. The van der Waals surface area contributed by atoms with Crippen LogP contribution in [0.25, 0.3) is 0 Å². The molecule has 1 aliphatic carbocycles. The van der Waals surface area contributed by atoms with Crippen molar-refractivity contribution < 1.29 is 9.84 Å². The number of aryl methyl sites for hydroxylation is 2. The lowest BCUT2D eigenvalue weighted by Gasteiger charge is -2.28. The molecular formula is C16H24O2. The smallest absolute Gasteiger partial charge is 0.125 e. The zero-order chi connectivity index (χ0) is 13.3. The molecule has 2 rings (SSSR count). The molecule has 1 aromatic carbocycles. The number of hydrogen-bond acceptors (Lipinski definition) is 2. The molecule has 0 aliphatic heterocycles. The van der Waals surface area contributed by atoms with Gasteiger partial charge in [-0.2, -0.15) is 0 Å². The molecule has 2 nitrogen and oxygen atoms in total. The van der Waals surface area contributed by atoms with Gasteiger partial charge in [0.05, 0.1) is 12.7 Å². The molecular weight excluding hydrogens is 224 g/mol. The van der Waals surface area contributed by atoms with Gasteiger partial charge in [-0.3, -0.25) is 0 Å². The highest BCUT2D eigenvalue weighted by Crippen LogP contribution is 2.47. The third-order valence-corrected chi connectivity index (χ3v) is 4.30. The Hall–Kier alpha value is -1.02. The predicted molar refractivity (Wildman–Crippen MR) is 74.0 cm³/mol. The average Bonchev–Trinajstić information content (AvgIpc) is 2.70. The molecule has 0 aromatic heterocycles. The highest BCUT2D eigenvalue weighted by molar-refractivity contribution is 5.47. The maximum atomic E-state index is 11.0. The molecule has 100 valence electrons. The van der Waals surface area contributed by atoms with Crippen LogP contribution >= 0.6 is 0 Å². The molecule has 1 aliphatic rings. The Labute approximate surface area is 110 Å². The van der Waals surface area contributed by atoms with Gasteiger partial charge in [0.2, 0.25) is 0 Å². The van der Waals surface area contributed by atoms with E-state index in [-0.39, 0.29) is 0 Å². The standard InChI is InChI=1S/C16H24O2/c1-5-13-6-7-16(17,10-13)15-12(3)8-11(2)9-14(15)18-4/h8-9,13,17H,5-7,10H2,1-4H3. The molecule has 0 spiro atoms. The van der Waals surface area contributed by atoms with Crippen molar-refractivity contribution in [1.82, 2.24) is 0 Å². The van der Waals surface area contributed by atoms with Gasteiger partial charge in [0, 0.05) is 5.56 Å². The van der Waals surface area contributed by atoms with Crippen LogP contribution in [0.2, 0.25) is 0 Å². The fourth-order valence-corrected chi connectivity index (χ4v) is 3.39. The largest absolute Gasteiger partial charge is 0.496 e. The van der Waals surface area contributed by atoms with Gasteiger partial charge in [-0.25, -0.2) is 0 Å². The molecule has 1 N–H and O–H groups in total. The van der Waals surface area contributed by atoms with Crippen molar-refractivity contribution in [1.29, 1.82) is 0 Å². The number of ether oxygens (including phenoxy) is 1. The zero-order valence-electron chi connectivity index (χ0n) is 11.9. The van der Waals surface area contributed by atoms with Crippen molar-refractivity contribution in [2.45, 2.75) is 52.1 Å². The molecule has 0 radical (unpaired) electrons. The molecule has 0 heterocycles. The SMILES string of the molecule is CCC1CCC(O)(c2c(C)cc(C)cc2OC)C1. The van der Waals surface area contributed by atoms with Crippen molar-refractivity contribution in [2.24, 2.45) is 5.92 Å². The topological polar surface area (TPSA) is 29.5 Å². The summed E-state index contributed by atoms with van der Waals surface area (Å²) in [4.78, 5) is 0. The maximum absolute atomic E-state index is 11.0. The average molecular weight is 248 g/mol. The first kappa shape index (κ1) is 13.4. The molecule has 1 saturated carbocycles. The summed E-state index contributed by atoms with van der Waals surface area (Å²) in [5.74, 6) is 1.48. The molecule has 2 unspecified atom stereocenters. The molecule has 2 heteroatoms. The summed E-state index contributed by atoms with van der Waals surface area (Å²) >= 11 is 0. The van der Waals surface area contributed by atoms with E-state index in [0.717, 1.165) is 42.6 Å². The summed E-state index contributed by atoms with van der Waals surface area (Å²) in [6.45, 7) is 6.34. The first-order chi connectivity index (χ1) is 8.50. The molecule has 0 saturated heterocycles. The van der Waals surface area contributed by atoms with E-state index >= 15 is 0 Å². The van der Waals surface area contributed by atoms with Crippen LogP contribution in [0.5, 0.6) is 5.75 Å². The van der Waals surface area contributed by atoms with E-state index in [2.05, 4.69) is 26.8 Å². The number of rotatable bonds is 3. The van der Waals surface area contributed by atoms with Gasteiger partial charge >= 0.3 is 0 Å². The number of aliphatic hydroxyl groups is 1. The van der Waals surface area contributed by atoms with Gasteiger partial charge in [0.15, 0.2) is 0 Å². The van der Waals surface area contributed by atoms with Crippen LogP contribution in [0.4, 0.5) is 0 Å². The third kappa shape index (κ3) is 2.26. The molecule has 2 atom stereocenters. The monoisotopic (exact) mass is 248 g/mol. The highest BCUT2D eigenvalue weighted by atomic mass is 16.5. The van der Waals surface area contributed by atoms with Gasteiger partial charge in [0.25, 0.3) is 0 Å². The van der Waals surface area contributed by atoms with Gasteiger partial charge < -0.3 is 9.84 Å². The summed E-state index contributed by atoms with van der Waals surface area (Å²) in [7, 11) is 1.69. The van der Waals surface area contributed by atoms with Crippen LogP contribution in [0.15, 0.2) is 12.1 Å². The normalized spacial score (nSPS) is 27.5. The van der Waals surface area contributed by atoms with Crippen molar-refractivity contribution in [3.8, 4) is 5.75 Å². The number of methoxy groups -OCH3 is 1. The quantitative estimate of drug-likeness (QED) is 0.883. The first-order valence-corrected chi connectivity index (χ1v) is 6.88. The Morgan fingerprint density at radius 2 is 2.11 bits per heavy atom. The summed E-state index contributed by atoms with van der Waals surface area (Å²) < 4.78 is 5.49. The Bertz CT molecular complexity index is 439. The Balaban J connectivity index is 2.44. The minimum atomic E-state index is -0.691. The maximum Gasteiger partial charge on any atom is 0.125 e. The molecule has 18 heavy (non-hydrogen) atoms. The summed E-state index contributed by atoms with van der Waals surface area (Å²) in [6, 6.07) is 4.16. The highest BCUT2D eigenvalue weighted by Gasteiger charge is 2.40. The van der Waals surface area contributed by atoms with Gasteiger partial charge in [-0.1, -0.05) is 19.4 Å². The van der Waals surface area contributed by atoms with E-state index in [9.17, 15) is 5.11 Å². The zero-order valence-corrected chi connectivity index (χ0v) is 11.9. The van der Waals surface area contributed by atoms with Crippen LogP contribution in [-0.4, -0.2) is 12.2 Å². The third-order valence-electron chi connectivity index (χ3n) is 4.30. The molecule has 1 fully saturated rings. The Morgan fingerprint density at radius 1 is 1.39 bits per heavy atom. The second-order valence-electron chi connectivity index (χ2n) is 5.71. The summed E-state index contributed by atoms with van der Waals surface area (Å²) in [5, 5.41) is 11.0. The molecule has 0 bridgehead atoms. The van der Waals surface area contributed by atoms with Gasteiger partial charge in [0.1, 0.15) is 5.75 Å². The lowest BCUT2D eigenvalue weighted by atomic mass is 9.86. The van der Waals surface area contributed by atoms with Crippen molar-refractivity contribution in [3.05, 3.63) is 28.8 Å². The second kappa shape index (κ2) is 4.93. The molecule has 0 amide bonds. The lowest BCUT2D eigenvalue weighted by molar-refractivity contribution is 0.0367. The van der Waals surface area contributed by atoms with E-state index in [1.807, 2.05) is 6.07 Å². The lowest BCUT2D eigenvalue weighted by Crippen LogP contribution is -2.24. The second-order valence-corrected chi connectivity index (χ2v) is 5.71. The predicted octanol–water partition coefficient (Wildman–Crippen LogP) is 3.71. The van der Waals surface area contributed by atoms with Crippen LogP contribution in [-0.2, 0) is 5.60 Å². The molecule has 1 aromatic rings. The fraction of sp³-hybridized carbons (Fsp3) is 0.625. The summed E-state index contributed by atoms with van der Waals surface area (Å²) in [5.41, 5.74) is 2.64. The van der Waals surface area contributed by atoms with E-state index in [1.165, 1.54) is 5.56 Å². The summed E-state index contributed by atoms with van der Waals surface area (Å²) in [6.07, 6.45) is 3.98. The van der Waals surface area contributed by atoms with Crippen molar-refractivity contribution >= 4 is 0 Å². The Morgan fingerprint density at radius 3 is 2.67 bits per heavy atom. The first-order valence-electron chi connectivity index (χ1n) is 6.88. The number of benzene rings is 1. The van der Waals surface area contributed by atoms with E-state index in [4.69, 9.17) is 4.74 Å². The fourth-order valence-electron chi connectivity index (χ4n) is 3.39. The van der Waals surface area contributed by atoms with Crippen LogP contribution in [0.3, 0.4) is 0 Å². The van der Waals surface area contributed by atoms with E-state index in [1.54, 1.807) is 7.11 Å². The van der Waals surface area contributed by atoms with E-state index < -0.39 is 5.60 Å². The minimum absolute atomic E-state index is 0.639. The van der Waals surface area contributed by atoms with Crippen LogP contribution in [0.1, 0.15) is 49.3 Å². The number of hydrogen-bond donors (Lipinski definition) is 1. The Kier molecular flexibility index (Phi) is 3.67.